The van der Waals surface area contributed by atoms with Gasteiger partial charge in [-0.3, -0.25) is 9.69 Å². The molecule has 1 saturated heterocycles. The Bertz CT molecular complexity index is 253. The molecule has 92 valence electrons. The van der Waals surface area contributed by atoms with Crippen molar-refractivity contribution in [1.29, 1.82) is 0 Å². The summed E-state index contributed by atoms with van der Waals surface area (Å²) in [6, 6.07) is 2.02. The molecule has 0 spiro atoms. The number of likely N-dealkylation sites (N-methyl/N-ethyl adjacent to an activating group) is 1. The molecule has 4 nitrogen and oxygen atoms in total. The summed E-state index contributed by atoms with van der Waals surface area (Å²) in [5.41, 5.74) is 0. The molecule has 2 aliphatic rings. The zero-order chi connectivity index (χ0) is 11.5. The standard InChI is InChI=1S/C12H23N3O/c1-3-13-12(16)7-14-10-6-9(2)15(8-10)11-4-5-11/h9-11,14H,3-8H2,1-2H3,(H,13,16). The highest BCUT2D eigenvalue weighted by atomic mass is 16.1. The Balaban J connectivity index is 1.69. The molecule has 16 heavy (non-hydrogen) atoms. The molecule has 1 saturated carbocycles. The van der Waals surface area contributed by atoms with E-state index in [0.29, 0.717) is 18.6 Å². The molecule has 2 N–H and O–H groups in total. The maximum absolute atomic E-state index is 11.3. The van der Waals surface area contributed by atoms with Crippen LogP contribution in [0.15, 0.2) is 0 Å². The fourth-order valence-electron chi connectivity index (χ4n) is 2.62. The van der Waals surface area contributed by atoms with Crippen LogP contribution in [0.5, 0.6) is 0 Å². The molecule has 0 aromatic heterocycles. The summed E-state index contributed by atoms with van der Waals surface area (Å²) in [5.74, 6) is 0.111. The van der Waals surface area contributed by atoms with Crippen LogP contribution in [0, 0.1) is 0 Å². The number of nitrogens with zero attached hydrogens (tertiary/aromatic N) is 1. The molecule has 2 atom stereocenters. The zero-order valence-electron chi connectivity index (χ0n) is 10.3. The van der Waals surface area contributed by atoms with Crippen molar-refractivity contribution < 1.29 is 4.79 Å². The van der Waals surface area contributed by atoms with Gasteiger partial charge in [0.2, 0.25) is 5.91 Å². The third-order valence-electron chi connectivity index (χ3n) is 3.56. The van der Waals surface area contributed by atoms with Gasteiger partial charge < -0.3 is 10.6 Å². The molecule has 2 fully saturated rings. The highest BCUT2D eigenvalue weighted by molar-refractivity contribution is 5.77. The van der Waals surface area contributed by atoms with E-state index >= 15 is 0 Å². The van der Waals surface area contributed by atoms with Crippen LogP contribution in [0.4, 0.5) is 0 Å². The van der Waals surface area contributed by atoms with E-state index in [1.165, 1.54) is 19.3 Å². The fourth-order valence-corrected chi connectivity index (χ4v) is 2.62. The minimum Gasteiger partial charge on any atom is -0.355 e. The quantitative estimate of drug-likeness (QED) is 0.709. The predicted molar refractivity (Wildman–Crippen MR) is 64.3 cm³/mol. The Hall–Kier alpha value is -0.610. The first-order chi connectivity index (χ1) is 7.70. The minimum atomic E-state index is 0.111. The average molecular weight is 225 g/mol. The second kappa shape index (κ2) is 5.15. The number of amides is 1. The van der Waals surface area contributed by atoms with Crippen molar-refractivity contribution in [1.82, 2.24) is 15.5 Å². The second-order valence-electron chi connectivity index (χ2n) is 5.04. The number of likely N-dealkylation sites (tertiary alicyclic amines) is 1. The van der Waals surface area contributed by atoms with Crippen molar-refractivity contribution in [3.63, 3.8) is 0 Å². The molecule has 1 aliphatic carbocycles. The summed E-state index contributed by atoms with van der Waals surface area (Å²) in [5, 5.41) is 6.17. The lowest BCUT2D eigenvalue weighted by molar-refractivity contribution is -0.120. The summed E-state index contributed by atoms with van der Waals surface area (Å²) in [6.45, 7) is 6.54. The Morgan fingerprint density at radius 1 is 1.44 bits per heavy atom. The molecule has 0 bridgehead atoms. The van der Waals surface area contributed by atoms with E-state index in [1.54, 1.807) is 0 Å². The average Bonchev–Trinajstić information content (AvgIpc) is 3.01. The normalized spacial score (nSPS) is 30.6. The van der Waals surface area contributed by atoms with Crippen molar-refractivity contribution in [3.05, 3.63) is 0 Å². The van der Waals surface area contributed by atoms with E-state index in [1.807, 2.05) is 6.92 Å². The van der Waals surface area contributed by atoms with Gasteiger partial charge in [-0.05, 0) is 33.1 Å². The molecule has 0 radical (unpaired) electrons. The number of carbonyl (C=O) groups is 1. The third-order valence-corrected chi connectivity index (χ3v) is 3.56. The van der Waals surface area contributed by atoms with Crippen LogP contribution in [0.25, 0.3) is 0 Å². The zero-order valence-corrected chi connectivity index (χ0v) is 10.3. The SMILES string of the molecule is CCNC(=O)CNC1CC(C)N(C2CC2)C1. The first-order valence-corrected chi connectivity index (χ1v) is 6.46. The molecule has 1 amide bonds. The Labute approximate surface area is 97.8 Å². The van der Waals surface area contributed by atoms with Crippen molar-refractivity contribution >= 4 is 5.91 Å². The lowest BCUT2D eigenvalue weighted by atomic mass is 10.2. The van der Waals surface area contributed by atoms with Gasteiger partial charge in [0.15, 0.2) is 0 Å². The number of hydrogen-bond donors (Lipinski definition) is 2. The summed E-state index contributed by atoms with van der Waals surface area (Å²) < 4.78 is 0. The van der Waals surface area contributed by atoms with Crippen molar-refractivity contribution in [3.8, 4) is 0 Å². The van der Waals surface area contributed by atoms with Crippen LogP contribution >= 0.6 is 0 Å². The first kappa shape index (κ1) is 11.9. The first-order valence-electron chi connectivity index (χ1n) is 6.46. The summed E-state index contributed by atoms with van der Waals surface area (Å²) in [7, 11) is 0. The Kier molecular flexibility index (Phi) is 3.82. The van der Waals surface area contributed by atoms with E-state index in [9.17, 15) is 4.79 Å². The van der Waals surface area contributed by atoms with Crippen LogP contribution in [0.1, 0.15) is 33.1 Å². The van der Waals surface area contributed by atoms with Crippen LogP contribution in [0.3, 0.4) is 0 Å². The van der Waals surface area contributed by atoms with Gasteiger partial charge in [0, 0.05) is 31.2 Å². The van der Waals surface area contributed by atoms with E-state index in [0.717, 1.165) is 19.1 Å². The molecule has 2 unspecified atom stereocenters. The number of hydrogen-bond acceptors (Lipinski definition) is 3. The maximum atomic E-state index is 11.3. The van der Waals surface area contributed by atoms with Gasteiger partial charge in [0.1, 0.15) is 0 Å². The van der Waals surface area contributed by atoms with Gasteiger partial charge in [-0.25, -0.2) is 0 Å². The highest BCUT2D eigenvalue weighted by Gasteiger charge is 2.38. The monoisotopic (exact) mass is 225 g/mol. The lowest BCUT2D eigenvalue weighted by Crippen LogP contribution is -2.40. The molecule has 2 rings (SSSR count). The second-order valence-corrected chi connectivity index (χ2v) is 5.04. The van der Waals surface area contributed by atoms with Gasteiger partial charge in [0.05, 0.1) is 6.54 Å². The van der Waals surface area contributed by atoms with E-state index in [-0.39, 0.29) is 5.91 Å². The summed E-state index contributed by atoms with van der Waals surface area (Å²) in [4.78, 5) is 13.9. The topological polar surface area (TPSA) is 44.4 Å². The van der Waals surface area contributed by atoms with Gasteiger partial charge in [-0.2, -0.15) is 0 Å². The number of rotatable bonds is 5. The van der Waals surface area contributed by atoms with Crippen LogP contribution < -0.4 is 10.6 Å². The van der Waals surface area contributed by atoms with Crippen molar-refractivity contribution in [2.45, 2.75) is 51.2 Å². The van der Waals surface area contributed by atoms with Crippen LogP contribution in [-0.2, 0) is 4.79 Å². The van der Waals surface area contributed by atoms with Crippen molar-refractivity contribution in [2.24, 2.45) is 0 Å². The molecule has 0 aromatic carbocycles. The largest absolute Gasteiger partial charge is 0.355 e. The Morgan fingerprint density at radius 2 is 2.19 bits per heavy atom. The van der Waals surface area contributed by atoms with Gasteiger partial charge in [0.25, 0.3) is 0 Å². The maximum Gasteiger partial charge on any atom is 0.233 e. The smallest absolute Gasteiger partial charge is 0.233 e. The number of carbonyl (C=O) groups excluding carboxylic acids is 1. The lowest BCUT2D eigenvalue weighted by Gasteiger charge is -2.19. The summed E-state index contributed by atoms with van der Waals surface area (Å²) >= 11 is 0. The van der Waals surface area contributed by atoms with E-state index in [4.69, 9.17) is 0 Å². The highest BCUT2D eigenvalue weighted by Crippen LogP contribution is 2.33. The van der Waals surface area contributed by atoms with E-state index < -0.39 is 0 Å². The molecule has 4 heteroatoms. The van der Waals surface area contributed by atoms with Crippen LogP contribution in [-0.4, -0.2) is 48.6 Å². The van der Waals surface area contributed by atoms with Gasteiger partial charge in [-0.15, -0.1) is 0 Å². The third kappa shape index (κ3) is 2.95. The molecule has 0 aromatic rings. The Morgan fingerprint density at radius 3 is 2.81 bits per heavy atom. The predicted octanol–water partition coefficient (Wildman–Crippen LogP) is 0.337. The van der Waals surface area contributed by atoms with Crippen molar-refractivity contribution in [2.75, 3.05) is 19.6 Å². The summed E-state index contributed by atoms with van der Waals surface area (Å²) in [6.07, 6.45) is 3.91. The molecular weight excluding hydrogens is 202 g/mol. The molecule has 1 aliphatic heterocycles. The number of nitrogens with one attached hydrogen (secondary N) is 2. The molecular formula is C12H23N3O. The van der Waals surface area contributed by atoms with Gasteiger partial charge >= 0.3 is 0 Å². The fraction of sp³-hybridized carbons (Fsp3) is 0.917. The minimum absolute atomic E-state index is 0.111. The van der Waals surface area contributed by atoms with Crippen LogP contribution in [0.2, 0.25) is 0 Å². The van der Waals surface area contributed by atoms with E-state index in [2.05, 4.69) is 22.5 Å². The molecule has 1 heterocycles. The van der Waals surface area contributed by atoms with Gasteiger partial charge in [-0.1, -0.05) is 0 Å².